The fourth-order valence-electron chi connectivity index (χ4n) is 1.36. The van der Waals surface area contributed by atoms with E-state index in [-0.39, 0.29) is 6.10 Å². The molecule has 0 saturated heterocycles. The van der Waals surface area contributed by atoms with Crippen molar-refractivity contribution in [2.45, 2.75) is 31.9 Å². The number of aliphatic hydroxyl groups excluding tert-OH is 1. The van der Waals surface area contributed by atoms with Gasteiger partial charge in [-0.2, -0.15) is 0 Å². The predicted octanol–water partition coefficient (Wildman–Crippen LogP) is 2.73. The molecule has 1 heterocycles. The van der Waals surface area contributed by atoms with E-state index >= 15 is 0 Å². The lowest BCUT2D eigenvalue weighted by molar-refractivity contribution is 0.173. The topological polar surface area (TPSA) is 32.3 Å². The largest absolute Gasteiger partial charge is 0.386 e. The Labute approximate surface area is 95.6 Å². The summed E-state index contributed by atoms with van der Waals surface area (Å²) in [7, 11) is 0. The van der Waals surface area contributed by atoms with Crippen LogP contribution in [0.25, 0.3) is 0 Å². The Kier molecular flexibility index (Phi) is 5.61. The first-order valence-corrected chi connectivity index (χ1v) is 6.17. The summed E-state index contributed by atoms with van der Waals surface area (Å²) in [5.74, 6) is 0. The van der Waals surface area contributed by atoms with E-state index in [4.69, 9.17) is 0 Å². The lowest BCUT2D eigenvalue weighted by Gasteiger charge is -2.15. The van der Waals surface area contributed by atoms with Crippen molar-refractivity contribution in [2.75, 3.05) is 6.54 Å². The molecule has 3 heteroatoms. The van der Waals surface area contributed by atoms with Gasteiger partial charge in [0.25, 0.3) is 0 Å². The Bertz CT molecular complexity index is 271. The van der Waals surface area contributed by atoms with Gasteiger partial charge in [-0.1, -0.05) is 12.1 Å². The summed E-state index contributed by atoms with van der Waals surface area (Å²) in [6.07, 6.45) is 3.63. The average Bonchev–Trinajstić information content (AvgIpc) is 2.76. The van der Waals surface area contributed by atoms with Crippen LogP contribution in [0.3, 0.4) is 0 Å². The normalized spacial score (nSPS) is 14.8. The fourth-order valence-corrected chi connectivity index (χ4v) is 2.08. The Hall–Kier alpha value is -0.640. The van der Waals surface area contributed by atoms with Crippen molar-refractivity contribution < 1.29 is 5.11 Å². The molecule has 0 fully saturated rings. The van der Waals surface area contributed by atoms with E-state index < -0.39 is 0 Å². The molecule has 0 radical (unpaired) electrons. The molecule has 1 rings (SSSR count). The van der Waals surface area contributed by atoms with E-state index in [1.54, 1.807) is 11.3 Å². The Morgan fingerprint density at radius 3 is 3.07 bits per heavy atom. The molecule has 0 aromatic carbocycles. The van der Waals surface area contributed by atoms with Gasteiger partial charge in [0.1, 0.15) is 6.10 Å². The molecule has 84 valence electrons. The third kappa shape index (κ3) is 4.60. The van der Waals surface area contributed by atoms with Crippen LogP contribution < -0.4 is 5.32 Å². The van der Waals surface area contributed by atoms with Crippen molar-refractivity contribution >= 4 is 11.3 Å². The molecule has 2 nitrogen and oxygen atoms in total. The zero-order chi connectivity index (χ0) is 11.1. The van der Waals surface area contributed by atoms with E-state index in [1.807, 2.05) is 23.6 Å². The molecule has 1 aromatic heterocycles. The summed E-state index contributed by atoms with van der Waals surface area (Å²) in [5.41, 5.74) is 0. The Balaban J connectivity index is 2.22. The van der Waals surface area contributed by atoms with Crippen LogP contribution in [0.4, 0.5) is 0 Å². The van der Waals surface area contributed by atoms with Crippen LogP contribution in [0.5, 0.6) is 0 Å². The van der Waals surface area contributed by atoms with E-state index in [0.717, 1.165) is 17.7 Å². The van der Waals surface area contributed by atoms with Crippen LogP contribution in [0.1, 0.15) is 30.7 Å². The van der Waals surface area contributed by atoms with Crippen LogP contribution in [0, 0.1) is 0 Å². The molecule has 2 atom stereocenters. The molecular weight excluding hydrogens is 206 g/mol. The minimum absolute atomic E-state index is 0.379. The molecule has 2 unspecified atom stereocenters. The van der Waals surface area contributed by atoms with Gasteiger partial charge in [-0.15, -0.1) is 17.9 Å². The highest BCUT2D eigenvalue weighted by atomic mass is 32.1. The van der Waals surface area contributed by atoms with Crippen LogP contribution in [0.2, 0.25) is 0 Å². The second kappa shape index (κ2) is 6.77. The summed E-state index contributed by atoms with van der Waals surface area (Å²) < 4.78 is 0. The summed E-state index contributed by atoms with van der Waals surface area (Å²) >= 11 is 1.59. The van der Waals surface area contributed by atoms with E-state index in [2.05, 4.69) is 18.8 Å². The maximum absolute atomic E-state index is 9.81. The summed E-state index contributed by atoms with van der Waals surface area (Å²) in [6, 6.07) is 4.35. The predicted molar refractivity (Wildman–Crippen MR) is 66.2 cm³/mol. The van der Waals surface area contributed by atoms with Gasteiger partial charge in [0, 0.05) is 17.5 Å². The number of hydrogen-bond acceptors (Lipinski definition) is 3. The van der Waals surface area contributed by atoms with Crippen molar-refractivity contribution in [3.63, 3.8) is 0 Å². The first-order valence-electron chi connectivity index (χ1n) is 5.29. The number of rotatable bonds is 7. The SMILES string of the molecule is C=CCCC(C)NCC(O)c1cccs1. The van der Waals surface area contributed by atoms with Crippen molar-refractivity contribution in [1.82, 2.24) is 5.32 Å². The smallest absolute Gasteiger partial charge is 0.101 e. The number of aliphatic hydroxyl groups is 1. The lowest BCUT2D eigenvalue weighted by Crippen LogP contribution is -2.30. The number of thiophene rings is 1. The standard InChI is InChI=1S/C12H19NOS/c1-3-4-6-10(2)13-9-11(14)12-7-5-8-15-12/h3,5,7-8,10-11,13-14H,1,4,6,9H2,2H3. The van der Waals surface area contributed by atoms with Gasteiger partial charge in [-0.3, -0.25) is 0 Å². The summed E-state index contributed by atoms with van der Waals surface area (Å²) in [6.45, 7) is 6.45. The number of hydrogen-bond donors (Lipinski definition) is 2. The van der Waals surface area contributed by atoms with Crippen molar-refractivity contribution in [3.8, 4) is 0 Å². The molecule has 15 heavy (non-hydrogen) atoms. The molecule has 0 spiro atoms. The highest BCUT2D eigenvalue weighted by molar-refractivity contribution is 7.10. The third-order valence-electron chi connectivity index (χ3n) is 2.34. The van der Waals surface area contributed by atoms with Crippen LogP contribution in [0.15, 0.2) is 30.2 Å². The third-order valence-corrected chi connectivity index (χ3v) is 3.31. The minimum atomic E-state index is -0.379. The van der Waals surface area contributed by atoms with E-state index in [0.29, 0.717) is 12.6 Å². The first kappa shape index (κ1) is 12.4. The molecule has 0 aliphatic heterocycles. The van der Waals surface area contributed by atoms with E-state index in [9.17, 15) is 5.11 Å². The fraction of sp³-hybridized carbons (Fsp3) is 0.500. The molecular formula is C12H19NOS. The second-order valence-electron chi connectivity index (χ2n) is 3.71. The average molecular weight is 225 g/mol. The van der Waals surface area contributed by atoms with Gasteiger partial charge >= 0.3 is 0 Å². The maximum atomic E-state index is 9.81. The van der Waals surface area contributed by atoms with Crippen molar-refractivity contribution in [2.24, 2.45) is 0 Å². The first-order chi connectivity index (χ1) is 7.24. The molecule has 0 amide bonds. The molecule has 0 aliphatic rings. The molecule has 1 aromatic rings. The van der Waals surface area contributed by atoms with Crippen LogP contribution in [-0.2, 0) is 0 Å². The van der Waals surface area contributed by atoms with Gasteiger partial charge in [0.05, 0.1) is 0 Å². The second-order valence-corrected chi connectivity index (χ2v) is 4.69. The quantitative estimate of drug-likeness (QED) is 0.699. The number of allylic oxidation sites excluding steroid dienone is 1. The highest BCUT2D eigenvalue weighted by Gasteiger charge is 2.09. The van der Waals surface area contributed by atoms with Gasteiger partial charge < -0.3 is 10.4 Å². The van der Waals surface area contributed by atoms with E-state index in [1.165, 1.54) is 0 Å². The van der Waals surface area contributed by atoms with Gasteiger partial charge in [-0.25, -0.2) is 0 Å². The Morgan fingerprint density at radius 2 is 2.47 bits per heavy atom. The Morgan fingerprint density at radius 1 is 1.67 bits per heavy atom. The maximum Gasteiger partial charge on any atom is 0.101 e. The zero-order valence-corrected chi connectivity index (χ0v) is 9.96. The van der Waals surface area contributed by atoms with Crippen LogP contribution in [-0.4, -0.2) is 17.7 Å². The lowest BCUT2D eigenvalue weighted by atomic mass is 10.1. The zero-order valence-electron chi connectivity index (χ0n) is 9.15. The van der Waals surface area contributed by atoms with Gasteiger partial charge in [0.15, 0.2) is 0 Å². The molecule has 0 saturated carbocycles. The van der Waals surface area contributed by atoms with Crippen LogP contribution >= 0.6 is 11.3 Å². The monoisotopic (exact) mass is 225 g/mol. The molecule has 0 aliphatic carbocycles. The van der Waals surface area contributed by atoms with Gasteiger partial charge in [0.2, 0.25) is 0 Å². The molecule has 0 bridgehead atoms. The van der Waals surface area contributed by atoms with Crippen molar-refractivity contribution in [3.05, 3.63) is 35.0 Å². The molecule has 2 N–H and O–H groups in total. The highest BCUT2D eigenvalue weighted by Crippen LogP contribution is 2.17. The summed E-state index contributed by atoms with van der Waals surface area (Å²) in [5, 5.41) is 15.1. The van der Waals surface area contributed by atoms with Crippen molar-refractivity contribution in [1.29, 1.82) is 0 Å². The summed E-state index contributed by atoms with van der Waals surface area (Å²) in [4.78, 5) is 1.03. The number of nitrogens with one attached hydrogen (secondary N) is 1. The minimum Gasteiger partial charge on any atom is -0.386 e. The van der Waals surface area contributed by atoms with Gasteiger partial charge in [-0.05, 0) is 31.2 Å².